The summed E-state index contributed by atoms with van der Waals surface area (Å²) in [5.41, 5.74) is 22.6. The summed E-state index contributed by atoms with van der Waals surface area (Å²) in [5, 5.41) is 2.91. The van der Waals surface area contributed by atoms with Crippen molar-refractivity contribution in [1.82, 2.24) is 29.9 Å². The molecule has 16 rings (SSSR count). The fourth-order valence-corrected chi connectivity index (χ4v) is 11.4. The Morgan fingerprint density at radius 1 is 0.210 bits per heavy atom. The van der Waals surface area contributed by atoms with E-state index in [1.165, 1.54) is 0 Å². The second-order valence-electron chi connectivity index (χ2n) is 20.2. The van der Waals surface area contributed by atoms with Crippen LogP contribution in [0, 0.1) is 0 Å². The van der Waals surface area contributed by atoms with Crippen LogP contribution in [-0.4, -0.2) is 29.9 Å². The first-order valence-electron chi connectivity index (χ1n) is 26.8. The Labute approximate surface area is 463 Å². The molecule has 0 bridgehead atoms. The maximum atomic E-state index is 6.04. The number of fused-ring (bicyclic) bond motifs is 9. The first-order chi connectivity index (χ1) is 40.1. The van der Waals surface area contributed by atoms with Crippen molar-refractivity contribution in [1.29, 1.82) is 0 Å². The van der Waals surface area contributed by atoms with Gasteiger partial charge in [0.25, 0.3) is 0 Å². The van der Waals surface area contributed by atoms with E-state index < -0.39 is 0 Å². The van der Waals surface area contributed by atoms with Crippen LogP contribution in [0.15, 0.2) is 268 Å². The van der Waals surface area contributed by atoms with Crippen molar-refractivity contribution in [2.24, 2.45) is 0 Å². The van der Waals surface area contributed by atoms with E-state index in [2.05, 4.69) is 164 Å². The first kappa shape index (κ1) is 46.0. The third-order valence-corrected chi connectivity index (χ3v) is 15.4. The summed E-state index contributed by atoms with van der Waals surface area (Å²) in [6.45, 7) is 0. The molecule has 0 aliphatic carbocycles. The van der Waals surface area contributed by atoms with Crippen molar-refractivity contribution >= 4 is 66.2 Å². The van der Waals surface area contributed by atoms with Gasteiger partial charge in [-0.25, -0.2) is 29.9 Å². The molecule has 81 heavy (non-hydrogen) atoms. The Morgan fingerprint density at radius 2 is 0.444 bits per heavy atom. The van der Waals surface area contributed by atoms with Gasteiger partial charge < -0.3 is 13.3 Å². The molecule has 0 radical (unpaired) electrons. The minimum atomic E-state index is 0.642. The van der Waals surface area contributed by atoms with E-state index in [4.69, 9.17) is 43.2 Å². The van der Waals surface area contributed by atoms with Gasteiger partial charge in [0.1, 0.15) is 33.3 Å². The lowest BCUT2D eigenvalue weighted by Crippen LogP contribution is -1.93. The van der Waals surface area contributed by atoms with Gasteiger partial charge in [-0.05, 0) is 121 Å². The average molecular weight is 1040 g/mol. The minimum absolute atomic E-state index is 0.642. The molecule has 0 N–H and O–H groups in total. The van der Waals surface area contributed by atoms with Crippen molar-refractivity contribution in [2.75, 3.05) is 0 Å². The summed E-state index contributed by atoms with van der Waals surface area (Å²) in [4.78, 5) is 29.1. The van der Waals surface area contributed by atoms with Crippen LogP contribution in [0.3, 0.4) is 0 Å². The third-order valence-electron chi connectivity index (χ3n) is 15.4. The van der Waals surface area contributed by atoms with Gasteiger partial charge in [0.15, 0.2) is 34.2 Å². The molecule has 0 unspecified atom stereocenters. The molecule has 0 aliphatic heterocycles. The number of benzene rings is 10. The summed E-state index contributed by atoms with van der Waals surface area (Å²) in [6, 6.07) is 82.5. The number of furan rings is 3. The number of nitrogens with zero attached hydrogens (tertiary/aromatic N) is 6. The van der Waals surface area contributed by atoms with Crippen LogP contribution < -0.4 is 0 Å². The van der Waals surface area contributed by atoms with Gasteiger partial charge in [-0.2, -0.15) is 0 Å². The van der Waals surface area contributed by atoms with Crippen molar-refractivity contribution in [3.05, 3.63) is 255 Å². The zero-order valence-electron chi connectivity index (χ0n) is 43.2. The topological polar surface area (TPSA) is 117 Å². The van der Waals surface area contributed by atoms with Crippen molar-refractivity contribution in [2.45, 2.75) is 0 Å². The molecule has 9 nitrogen and oxygen atoms in total. The Bertz CT molecular complexity index is 4590. The predicted octanol–water partition coefficient (Wildman–Crippen LogP) is 18.8. The van der Waals surface area contributed by atoms with E-state index in [1.807, 2.05) is 72.8 Å². The lowest BCUT2D eigenvalue weighted by atomic mass is 9.86. The molecule has 0 spiro atoms. The smallest absolute Gasteiger partial charge is 0.172 e. The highest BCUT2D eigenvalue weighted by Gasteiger charge is 2.19. The molecule has 0 amide bonds. The van der Waals surface area contributed by atoms with E-state index in [9.17, 15) is 0 Å². The van der Waals surface area contributed by atoms with E-state index >= 15 is 0 Å². The van der Waals surface area contributed by atoms with Gasteiger partial charge in [-0.3, -0.25) is 0 Å². The molecular formula is C72H42N6O3. The molecule has 9 heteroatoms. The van der Waals surface area contributed by atoms with Crippen LogP contribution in [0.1, 0.15) is 0 Å². The van der Waals surface area contributed by atoms with Gasteiger partial charge >= 0.3 is 0 Å². The van der Waals surface area contributed by atoms with Crippen LogP contribution in [0.4, 0.5) is 0 Å². The maximum Gasteiger partial charge on any atom is 0.172 e. The lowest BCUT2D eigenvalue weighted by Gasteiger charge is -2.18. The molecular weight excluding hydrogens is 997 g/mol. The Balaban J connectivity index is 0.799. The Kier molecular flexibility index (Phi) is 10.7. The fraction of sp³-hybridized carbons (Fsp3) is 0. The average Bonchev–Trinajstić information content (AvgIpc) is 4.26. The number of hydrogen-bond acceptors (Lipinski definition) is 9. The predicted molar refractivity (Wildman–Crippen MR) is 324 cm³/mol. The summed E-state index contributed by atoms with van der Waals surface area (Å²) >= 11 is 0. The van der Waals surface area contributed by atoms with Gasteiger partial charge in [0.05, 0.1) is 18.6 Å². The van der Waals surface area contributed by atoms with Crippen LogP contribution in [0.5, 0.6) is 0 Å². The van der Waals surface area contributed by atoms with E-state index in [1.54, 1.807) is 18.6 Å². The second-order valence-corrected chi connectivity index (χ2v) is 20.2. The quantitative estimate of drug-likeness (QED) is 0.139. The van der Waals surface area contributed by atoms with Crippen molar-refractivity contribution < 1.29 is 13.3 Å². The van der Waals surface area contributed by atoms with Gasteiger partial charge in [0.2, 0.25) is 0 Å². The molecule has 0 fully saturated rings. The molecule has 6 heterocycles. The maximum absolute atomic E-state index is 6.04. The fourth-order valence-electron chi connectivity index (χ4n) is 11.4. The highest BCUT2D eigenvalue weighted by molar-refractivity contribution is 6.05. The molecule has 0 saturated carbocycles. The Morgan fingerprint density at radius 3 is 0.728 bits per heavy atom. The van der Waals surface area contributed by atoms with E-state index in [-0.39, 0.29) is 0 Å². The highest BCUT2D eigenvalue weighted by Crippen LogP contribution is 2.43. The van der Waals surface area contributed by atoms with E-state index in [0.717, 1.165) is 133 Å². The minimum Gasteiger partial charge on any atom is -0.453 e. The molecule has 378 valence electrons. The van der Waals surface area contributed by atoms with Gasteiger partial charge in [0, 0.05) is 32.8 Å². The normalized spacial score (nSPS) is 11.7. The standard InChI is InChI=1S/C72H42N6O3/c1-4-16-55(52(13-1)43-25-31-46(32-26-43)70-73-40-64-67(76-70)58-19-7-10-22-61(58)79-64)49-37-50(56-17-5-2-14-53(56)44-27-33-47(34-28-44)71-74-41-65-68(77-71)59-20-8-11-23-62(59)80-65)39-51(38-49)57-18-6-3-15-54(57)45-29-35-48(36-30-45)72-75-42-66-69(78-72)60-21-9-12-24-63(60)81-66/h1-42H. The van der Waals surface area contributed by atoms with E-state index in [0.29, 0.717) is 34.2 Å². The summed E-state index contributed by atoms with van der Waals surface area (Å²) in [5.74, 6) is 1.93. The van der Waals surface area contributed by atoms with Crippen LogP contribution in [0.2, 0.25) is 0 Å². The van der Waals surface area contributed by atoms with Crippen molar-refractivity contribution in [3.8, 4) is 101 Å². The molecule has 0 saturated heterocycles. The molecule has 6 aromatic heterocycles. The summed E-state index contributed by atoms with van der Waals surface area (Å²) in [7, 11) is 0. The van der Waals surface area contributed by atoms with Gasteiger partial charge in [-0.1, -0.05) is 182 Å². The van der Waals surface area contributed by atoms with Crippen LogP contribution in [-0.2, 0) is 0 Å². The third kappa shape index (κ3) is 8.02. The molecule has 10 aromatic carbocycles. The highest BCUT2D eigenvalue weighted by atomic mass is 16.3. The number of para-hydroxylation sites is 3. The molecule has 0 aliphatic rings. The second kappa shape index (κ2) is 18.8. The largest absolute Gasteiger partial charge is 0.453 e. The lowest BCUT2D eigenvalue weighted by molar-refractivity contribution is 0.665. The summed E-state index contributed by atoms with van der Waals surface area (Å²) in [6.07, 6.45) is 5.31. The SMILES string of the molecule is c1ccc(-c2cc(-c3ccccc3-c3ccc(-c4ncc5oc6ccccc6c5n4)cc3)cc(-c3ccccc3-c3ccc(-c4ncc5oc6ccccc6c5n4)cc3)c2)c(-c2ccc(-c3ncc4oc5ccccc5c4n3)cc2)c1. The van der Waals surface area contributed by atoms with Gasteiger partial charge in [-0.15, -0.1) is 0 Å². The first-order valence-corrected chi connectivity index (χ1v) is 26.8. The molecule has 16 aromatic rings. The number of hydrogen-bond donors (Lipinski definition) is 0. The number of rotatable bonds is 9. The van der Waals surface area contributed by atoms with Crippen LogP contribution in [0.25, 0.3) is 167 Å². The van der Waals surface area contributed by atoms with Crippen LogP contribution >= 0.6 is 0 Å². The zero-order chi connectivity index (χ0) is 53.4. The van der Waals surface area contributed by atoms with Crippen molar-refractivity contribution in [3.63, 3.8) is 0 Å². The monoisotopic (exact) mass is 1040 g/mol. The zero-order valence-corrected chi connectivity index (χ0v) is 43.2. The number of aromatic nitrogens is 6. The molecule has 0 atom stereocenters. The summed E-state index contributed by atoms with van der Waals surface area (Å²) < 4.78 is 18.1. The Hall–Kier alpha value is -11.2.